The third-order valence-electron chi connectivity index (χ3n) is 2.78. The van der Waals surface area contributed by atoms with Gasteiger partial charge in [0.25, 0.3) is 0 Å². The highest BCUT2D eigenvalue weighted by Gasteiger charge is 2.11. The van der Waals surface area contributed by atoms with E-state index in [2.05, 4.69) is 24.9 Å². The van der Waals surface area contributed by atoms with E-state index in [1.165, 1.54) is 5.56 Å². The predicted octanol–water partition coefficient (Wildman–Crippen LogP) is 2.95. The summed E-state index contributed by atoms with van der Waals surface area (Å²) in [5.41, 5.74) is 7.11. The van der Waals surface area contributed by atoms with Gasteiger partial charge in [-0.15, -0.1) is 0 Å². The molecule has 1 aromatic carbocycles. The average molecular weight is 216 g/mol. The fourth-order valence-corrected chi connectivity index (χ4v) is 1.94. The van der Waals surface area contributed by atoms with Crippen molar-refractivity contribution in [3.63, 3.8) is 0 Å². The summed E-state index contributed by atoms with van der Waals surface area (Å²) >= 11 is 0. The maximum absolute atomic E-state index is 5.91. The number of fused-ring (bicyclic) bond motifs is 1. The van der Waals surface area contributed by atoms with Gasteiger partial charge in [0.2, 0.25) is 0 Å². The SMILES string of the molecule is COc1cccc2c(C(C)C)cnc(N)c12. The molecule has 0 amide bonds. The standard InChI is InChI=1S/C13H16N2O/c1-8(2)10-7-15-13(14)12-9(10)5-4-6-11(12)16-3/h4-8H,1-3H3,(H2,14,15). The number of aromatic nitrogens is 1. The minimum atomic E-state index is 0.419. The third-order valence-corrected chi connectivity index (χ3v) is 2.78. The molecule has 3 heteroatoms. The number of nitrogens with two attached hydrogens (primary N) is 1. The van der Waals surface area contributed by atoms with E-state index in [9.17, 15) is 0 Å². The second-order valence-electron chi connectivity index (χ2n) is 4.14. The molecule has 0 unspecified atom stereocenters. The number of anilines is 1. The molecule has 0 bridgehead atoms. The number of methoxy groups -OCH3 is 1. The van der Waals surface area contributed by atoms with Crippen LogP contribution in [-0.2, 0) is 0 Å². The Kier molecular flexibility index (Phi) is 2.69. The van der Waals surface area contributed by atoms with Gasteiger partial charge in [-0.25, -0.2) is 4.98 Å². The maximum Gasteiger partial charge on any atom is 0.135 e. The van der Waals surface area contributed by atoms with Crippen molar-refractivity contribution in [3.05, 3.63) is 30.0 Å². The average Bonchev–Trinajstić information content (AvgIpc) is 2.28. The van der Waals surface area contributed by atoms with Gasteiger partial charge in [0.1, 0.15) is 11.6 Å². The molecule has 0 atom stereocenters. The van der Waals surface area contributed by atoms with Gasteiger partial charge >= 0.3 is 0 Å². The van der Waals surface area contributed by atoms with Crippen molar-refractivity contribution in [2.45, 2.75) is 19.8 Å². The van der Waals surface area contributed by atoms with Gasteiger partial charge in [-0.2, -0.15) is 0 Å². The van der Waals surface area contributed by atoms with Gasteiger partial charge in [-0.3, -0.25) is 0 Å². The highest BCUT2D eigenvalue weighted by Crippen LogP contribution is 2.33. The van der Waals surface area contributed by atoms with Gasteiger partial charge < -0.3 is 10.5 Å². The number of hydrogen-bond donors (Lipinski definition) is 1. The number of nitrogens with zero attached hydrogens (tertiary/aromatic N) is 1. The minimum Gasteiger partial charge on any atom is -0.496 e. The molecular formula is C13H16N2O. The first-order valence-corrected chi connectivity index (χ1v) is 5.36. The molecule has 1 heterocycles. The normalized spacial score (nSPS) is 11.0. The smallest absolute Gasteiger partial charge is 0.135 e. The topological polar surface area (TPSA) is 48.1 Å². The van der Waals surface area contributed by atoms with Crippen molar-refractivity contribution in [2.24, 2.45) is 0 Å². The fraction of sp³-hybridized carbons (Fsp3) is 0.308. The van der Waals surface area contributed by atoms with E-state index in [0.29, 0.717) is 11.7 Å². The lowest BCUT2D eigenvalue weighted by atomic mass is 9.98. The molecular weight excluding hydrogens is 200 g/mol. The molecule has 16 heavy (non-hydrogen) atoms. The Labute approximate surface area is 95.2 Å². The molecule has 1 aromatic heterocycles. The van der Waals surface area contributed by atoms with E-state index in [1.807, 2.05) is 18.3 Å². The van der Waals surface area contributed by atoms with Crippen molar-refractivity contribution in [3.8, 4) is 5.75 Å². The largest absolute Gasteiger partial charge is 0.496 e. The summed E-state index contributed by atoms with van der Waals surface area (Å²) in [6, 6.07) is 5.95. The molecule has 3 nitrogen and oxygen atoms in total. The van der Waals surface area contributed by atoms with E-state index in [0.717, 1.165) is 16.5 Å². The van der Waals surface area contributed by atoms with Crippen LogP contribution in [0.5, 0.6) is 5.75 Å². The number of benzene rings is 1. The van der Waals surface area contributed by atoms with Crippen molar-refractivity contribution in [1.29, 1.82) is 0 Å². The quantitative estimate of drug-likeness (QED) is 0.839. The van der Waals surface area contributed by atoms with Crippen LogP contribution in [0.25, 0.3) is 10.8 Å². The highest BCUT2D eigenvalue weighted by molar-refractivity contribution is 5.98. The first kappa shape index (κ1) is 10.7. The summed E-state index contributed by atoms with van der Waals surface area (Å²) in [7, 11) is 1.65. The first-order chi connectivity index (χ1) is 7.65. The Hall–Kier alpha value is -1.77. The van der Waals surface area contributed by atoms with Crippen molar-refractivity contribution < 1.29 is 4.74 Å². The molecule has 0 radical (unpaired) electrons. The zero-order chi connectivity index (χ0) is 11.7. The van der Waals surface area contributed by atoms with Crippen LogP contribution in [0.3, 0.4) is 0 Å². The Morgan fingerprint density at radius 3 is 2.69 bits per heavy atom. The summed E-state index contributed by atoms with van der Waals surface area (Å²) in [4.78, 5) is 4.23. The molecule has 2 rings (SSSR count). The first-order valence-electron chi connectivity index (χ1n) is 5.36. The number of nitrogen functional groups attached to an aromatic ring is 1. The molecule has 0 fully saturated rings. The molecule has 0 saturated heterocycles. The summed E-state index contributed by atoms with van der Waals surface area (Å²) in [5.74, 6) is 1.73. The van der Waals surface area contributed by atoms with Crippen LogP contribution in [0.1, 0.15) is 25.3 Å². The molecule has 0 aliphatic carbocycles. The maximum atomic E-state index is 5.91. The Morgan fingerprint density at radius 1 is 1.31 bits per heavy atom. The highest BCUT2D eigenvalue weighted by atomic mass is 16.5. The zero-order valence-electron chi connectivity index (χ0n) is 9.82. The Morgan fingerprint density at radius 2 is 2.06 bits per heavy atom. The van der Waals surface area contributed by atoms with Crippen LogP contribution in [0, 0.1) is 0 Å². The molecule has 0 saturated carbocycles. The number of hydrogen-bond acceptors (Lipinski definition) is 3. The predicted molar refractivity (Wildman–Crippen MR) is 66.8 cm³/mol. The van der Waals surface area contributed by atoms with E-state index >= 15 is 0 Å². The van der Waals surface area contributed by atoms with Gasteiger partial charge in [-0.05, 0) is 22.9 Å². The second kappa shape index (κ2) is 4.00. The van der Waals surface area contributed by atoms with Crippen LogP contribution >= 0.6 is 0 Å². The fourth-order valence-electron chi connectivity index (χ4n) is 1.94. The summed E-state index contributed by atoms with van der Waals surface area (Å²) in [6.45, 7) is 4.29. The van der Waals surface area contributed by atoms with Crippen LogP contribution < -0.4 is 10.5 Å². The molecule has 84 valence electrons. The third kappa shape index (κ3) is 1.58. The van der Waals surface area contributed by atoms with E-state index in [4.69, 9.17) is 10.5 Å². The Bertz CT molecular complexity index is 521. The number of ether oxygens (including phenoxy) is 1. The number of pyridine rings is 1. The lowest BCUT2D eigenvalue weighted by Crippen LogP contribution is -1.98. The van der Waals surface area contributed by atoms with Crippen LogP contribution in [-0.4, -0.2) is 12.1 Å². The molecule has 0 aliphatic heterocycles. The lowest BCUT2D eigenvalue weighted by molar-refractivity contribution is 0.420. The van der Waals surface area contributed by atoms with Gasteiger partial charge in [0, 0.05) is 6.20 Å². The Balaban J connectivity index is 2.85. The molecule has 0 aliphatic rings. The van der Waals surface area contributed by atoms with Crippen molar-refractivity contribution in [2.75, 3.05) is 12.8 Å². The van der Waals surface area contributed by atoms with Gasteiger partial charge in [0.05, 0.1) is 12.5 Å². The summed E-state index contributed by atoms with van der Waals surface area (Å²) < 4.78 is 5.32. The van der Waals surface area contributed by atoms with E-state index < -0.39 is 0 Å². The minimum absolute atomic E-state index is 0.419. The van der Waals surface area contributed by atoms with Crippen LogP contribution in [0.15, 0.2) is 24.4 Å². The molecule has 2 N–H and O–H groups in total. The lowest BCUT2D eigenvalue weighted by Gasteiger charge is -2.13. The summed E-state index contributed by atoms with van der Waals surface area (Å²) in [5, 5.41) is 2.04. The summed E-state index contributed by atoms with van der Waals surface area (Å²) in [6.07, 6.45) is 1.85. The van der Waals surface area contributed by atoms with Gasteiger partial charge in [0.15, 0.2) is 0 Å². The zero-order valence-corrected chi connectivity index (χ0v) is 9.82. The second-order valence-corrected chi connectivity index (χ2v) is 4.14. The van der Waals surface area contributed by atoms with Crippen LogP contribution in [0.4, 0.5) is 5.82 Å². The molecule has 2 aromatic rings. The van der Waals surface area contributed by atoms with E-state index in [-0.39, 0.29) is 0 Å². The van der Waals surface area contributed by atoms with E-state index in [1.54, 1.807) is 7.11 Å². The van der Waals surface area contributed by atoms with Gasteiger partial charge in [-0.1, -0.05) is 26.0 Å². The van der Waals surface area contributed by atoms with Crippen LogP contribution in [0.2, 0.25) is 0 Å². The van der Waals surface area contributed by atoms with Crippen molar-refractivity contribution in [1.82, 2.24) is 4.98 Å². The number of rotatable bonds is 2. The van der Waals surface area contributed by atoms with Crippen molar-refractivity contribution >= 4 is 16.6 Å². The molecule has 0 spiro atoms. The monoisotopic (exact) mass is 216 g/mol.